The van der Waals surface area contributed by atoms with E-state index < -0.39 is 11.9 Å². The molecule has 0 fully saturated rings. The van der Waals surface area contributed by atoms with Gasteiger partial charge in [-0.25, -0.2) is 9.67 Å². The molecule has 0 aliphatic carbocycles. The van der Waals surface area contributed by atoms with E-state index in [0.29, 0.717) is 0 Å². The Bertz CT molecular complexity index is 502. The highest BCUT2D eigenvalue weighted by Gasteiger charge is 2.32. The van der Waals surface area contributed by atoms with Crippen LogP contribution in [0, 0.1) is 6.92 Å². The van der Waals surface area contributed by atoms with Crippen LogP contribution in [-0.2, 0) is 6.18 Å². The summed E-state index contributed by atoms with van der Waals surface area (Å²) >= 11 is 0. The lowest BCUT2D eigenvalue weighted by Crippen LogP contribution is -2.10. The van der Waals surface area contributed by atoms with Crippen molar-refractivity contribution in [3.63, 3.8) is 0 Å². The van der Waals surface area contributed by atoms with Gasteiger partial charge in [0, 0.05) is 6.20 Å². The molecule has 0 aliphatic heterocycles. The molecule has 0 amide bonds. The minimum Gasteiger partial charge on any atom is -0.224 e. The number of aromatic nitrogens is 3. The van der Waals surface area contributed by atoms with Crippen LogP contribution in [0.4, 0.5) is 13.2 Å². The Morgan fingerprint density at radius 2 is 2.00 bits per heavy atom. The Hall–Kier alpha value is -1.85. The zero-order chi connectivity index (χ0) is 11.8. The third-order valence-corrected chi connectivity index (χ3v) is 1.97. The van der Waals surface area contributed by atoms with Gasteiger partial charge >= 0.3 is 6.18 Å². The summed E-state index contributed by atoms with van der Waals surface area (Å²) in [6.45, 7) is 1.80. The minimum absolute atomic E-state index is 0.155. The molecule has 2 aromatic rings. The van der Waals surface area contributed by atoms with Crippen LogP contribution in [0.1, 0.15) is 11.3 Å². The molecule has 0 N–H and O–H groups in total. The molecule has 2 heterocycles. The van der Waals surface area contributed by atoms with Gasteiger partial charge in [0.2, 0.25) is 0 Å². The van der Waals surface area contributed by atoms with Gasteiger partial charge in [-0.15, -0.1) is 0 Å². The van der Waals surface area contributed by atoms with Gasteiger partial charge in [0.15, 0.2) is 5.82 Å². The summed E-state index contributed by atoms with van der Waals surface area (Å²) in [5, 5.41) is 3.90. The number of alkyl halides is 3. The van der Waals surface area contributed by atoms with Crippen LogP contribution < -0.4 is 0 Å². The predicted octanol–water partition coefficient (Wildman–Crippen LogP) is 2.59. The van der Waals surface area contributed by atoms with Gasteiger partial charge in [-0.05, 0) is 24.6 Å². The molecule has 16 heavy (non-hydrogen) atoms. The largest absolute Gasteiger partial charge is 0.433 e. The number of nitrogens with zero attached hydrogens (tertiary/aromatic N) is 3. The molecule has 0 atom stereocenters. The molecule has 3 nitrogen and oxygen atoms in total. The average molecular weight is 227 g/mol. The Kier molecular flexibility index (Phi) is 2.41. The van der Waals surface area contributed by atoms with Crippen LogP contribution in [0.2, 0.25) is 0 Å². The first-order chi connectivity index (χ1) is 7.47. The van der Waals surface area contributed by atoms with Crippen LogP contribution in [0.15, 0.2) is 30.6 Å². The minimum atomic E-state index is -4.43. The second kappa shape index (κ2) is 3.62. The van der Waals surface area contributed by atoms with E-state index in [1.54, 1.807) is 19.3 Å². The molecule has 0 saturated carbocycles. The van der Waals surface area contributed by atoms with Gasteiger partial charge in [-0.1, -0.05) is 6.07 Å². The standard InChI is InChI=1S/C10H8F3N3/c1-7-5-14-16(6-7)9-4-2-3-8(15-9)10(11,12)13/h2-6H,1H3. The third-order valence-electron chi connectivity index (χ3n) is 1.97. The van der Waals surface area contributed by atoms with Crippen LogP contribution in [0.25, 0.3) is 5.82 Å². The first-order valence-electron chi connectivity index (χ1n) is 4.53. The Balaban J connectivity index is 2.44. The molecule has 0 unspecified atom stereocenters. The number of rotatable bonds is 1. The molecule has 2 rings (SSSR count). The van der Waals surface area contributed by atoms with Crippen molar-refractivity contribution >= 4 is 0 Å². The average Bonchev–Trinajstić information content (AvgIpc) is 2.64. The van der Waals surface area contributed by atoms with E-state index in [1.807, 2.05) is 0 Å². The fourth-order valence-electron chi connectivity index (χ4n) is 1.25. The molecule has 0 radical (unpaired) electrons. The first kappa shape index (κ1) is 10.7. The van der Waals surface area contributed by atoms with Gasteiger partial charge in [0.25, 0.3) is 0 Å². The van der Waals surface area contributed by atoms with Crippen molar-refractivity contribution in [3.8, 4) is 5.82 Å². The lowest BCUT2D eigenvalue weighted by molar-refractivity contribution is -0.141. The molecular weight excluding hydrogens is 219 g/mol. The van der Waals surface area contributed by atoms with Crippen molar-refractivity contribution in [2.45, 2.75) is 13.1 Å². The fourth-order valence-corrected chi connectivity index (χ4v) is 1.25. The summed E-state index contributed by atoms with van der Waals surface area (Å²) in [5.74, 6) is 0.155. The predicted molar refractivity (Wildman–Crippen MR) is 51.1 cm³/mol. The van der Waals surface area contributed by atoms with Crippen LogP contribution >= 0.6 is 0 Å². The third kappa shape index (κ3) is 2.05. The lowest BCUT2D eigenvalue weighted by Gasteiger charge is -2.07. The fraction of sp³-hybridized carbons (Fsp3) is 0.200. The topological polar surface area (TPSA) is 30.7 Å². The Morgan fingerprint density at radius 1 is 1.25 bits per heavy atom. The summed E-state index contributed by atoms with van der Waals surface area (Å²) in [6.07, 6.45) is -1.26. The van der Waals surface area contributed by atoms with Crippen molar-refractivity contribution in [1.82, 2.24) is 14.8 Å². The van der Waals surface area contributed by atoms with Gasteiger partial charge in [-0.3, -0.25) is 0 Å². The number of halogens is 3. The number of hydrogen-bond donors (Lipinski definition) is 0. The maximum Gasteiger partial charge on any atom is 0.433 e. The Morgan fingerprint density at radius 3 is 2.56 bits per heavy atom. The highest BCUT2D eigenvalue weighted by molar-refractivity contribution is 5.25. The molecule has 0 bridgehead atoms. The number of pyridine rings is 1. The summed E-state index contributed by atoms with van der Waals surface area (Å²) in [5.41, 5.74) is -0.0580. The van der Waals surface area contributed by atoms with Crippen LogP contribution in [0.3, 0.4) is 0 Å². The zero-order valence-corrected chi connectivity index (χ0v) is 8.36. The van der Waals surface area contributed by atoms with Crippen LogP contribution in [0.5, 0.6) is 0 Å². The van der Waals surface area contributed by atoms with E-state index >= 15 is 0 Å². The van der Waals surface area contributed by atoms with Crippen molar-refractivity contribution in [2.24, 2.45) is 0 Å². The second-order valence-corrected chi connectivity index (χ2v) is 3.34. The molecule has 6 heteroatoms. The highest BCUT2D eigenvalue weighted by Crippen LogP contribution is 2.27. The molecular formula is C10H8F3N3. The SMILES string of the molecule is Cc1cnn(-c2cccc(C(F)(F)F)n2)c1. The maximum atomic E-state index is 12.4. The van der Waals surface area contributed by atoms with Crippen LogP contribution in [-0.4, -0.2) is 14.8 Å². The molecule has 2 aromatic heterocycles. The van der Waals surface area contributed by atoms with Gasteiger partial charge in [-0.2, -0.15) is 18.3 Å². The maximum absolute atomic E-state index is 12.4. The van der Waals surface area contributed by atoms with E-state index in [2.05, 4.69) is 10.1 Å². The summed E-state index contributed by atoms with van der Waals surface area (Å²) in [4.78, 5) is 3.50. The summed E-state index contributed by atoms with van der Waals surface area (Å²) in [7, 11) is 0. The highest BCUT2D eigenvalue weighted by atomic mass is 19.4. The number of aryl methyl sites for hydroxylation is 1. The van der Waals surface area contributed by atoms with Crippen molar-refractivity contribution < 1.29 is 13.2 Å². The van der Waals surface area contributed by atoms with Gasteiger partial charge in [0.05, 0.1) is 6.20 Å². The van der Waals surface area contributed by atoms with E-state index in [1.165, 1.54) is 16.8 Å². The van der Waals surface area contributed by atoms with Gasteiger partial charge < -0.3 is 0 Å². The quantitative estimate of drug-likeness (QED) is 0.749. The monoisotopic (exact) mass is 227 g/mol. The van der Waals surface area contributed by atoms with E-state index in [9.17, 15) is 13.2 Å². The molecule has 0 aliphatic rings. The van der Waals surface area contributed by atoms with E-state index in [-0.39, 0.29) is 5.82 Å². The first-order valence-corrected chi connectivity index (χ1v) is 4.53. The smallest absolute Gasteiger partial charge is 0.224 e. The van der Waals surface area contributed by atoms with E-state index in [4.69, 9.17) is 0 Å². The zero-order valence-electron chi connectivity index (χ0n) is 8.36. The molecule has 0 aromatic carbocycles. The molecule has 0 spiro atoms. The molecule has 84 valence electrons. The summed E-state index contributed by atoms with van der Waals surface area (Å²) < 4.78 is 38.5. The van der Waals surface area contributed by atoms with Gasteiger partial charge in [0.1, 0.15) is 5.69 Å². The molecule has 0 saturated heterocycles. The normalized spacial score (nSPS) is 11.8. The van der Waals surface area contributed by atoms with Crippen molar-refractivity contribution in [2.75, 3.05) is 0 Å². The van der Waals surface area contributed by atoms with E-state index in [0.717, 1.165) is 11.6 Å². The summed E-state index contributed by atoms with van der Waals surface area (Å²) in [6, 6.07) is 3.71. The Labute approximate surface area is 89.5 Å². The van der Waals surface area contributed by atoms with Crippen molar-refractivity contribution in [1.29, 1.82) is 0 Å². The number of hydrogen-bond acceptors (Lipinski definition) is 2. The van der Waals surface area contributed by atoms with Crippen molar-refractivity contribution in [3.05, 3.63) is 41.9 Å². The lowest BCUT2D eigenvalue weighted by atomic mass is 10.3. The second-order valence-electron chi connectivity index (χ2n) is 3.34.